The van der Waals surface area contributed by atoms with Gasteiger partial charge in [-0.25, -0.2) is 4.98 Å². The van der Waals surface area contributed by atoms with E-state index < -0.39 is 0 Å². The number of H-pyrrole nitrogens is 1. The molecular weight excluding hydrogens is 254 g/mol. The molecule has 0 saturated carbocycles. The van der Waals surface area contributed by atoms with E-state index in [9.17, 15) is 4.79 Å². The third kappa shape index (κ3) is 2.82. The second-order valence-electron chi connectivity index (χ2n) is 5.22. The molecule has 0 bridgehead atoms. The molecule has 3 rings (SSSR count). The number of nitrogens with one attached hydrogen (secondary N) is 1. The summed E-state index contributed by atoms with van der Waals surface area (Å²) in [4.78, 5) is 21.8. The zero-order valence-corrected chi connectivity index (χ0v) is 11.6. The standard InChI is InChI=1S/C15H19N3O2/c1-11-10-18(8-9-20-11)15(19)7-6-14-16-12-4-2-3-5-13(12)17-14/h2-5,11H,6-10H2,1H3,(H,16,17). The number of amides is 1. The summed E-state index contributed by atoms with van der Waals surface area (Å²) < 4.78 is 5.45. The number of carbonyl (C=O) groups is 1. The normalized spacial score (nSPS) is 19.4. The van der Waals surface area contributed by atoms with E-state index in [1.165, 1.54) is 0 Å². The molecule has 1 atom stereocenters. The van der Waals surface area contributed by atoms with Crippen molar-refractivity contribution in [1.29, 1.82) is 0 Å². The van der Waals surface area contributed by atoms with Crippen molar-refractivity contribution in [2.45, 2.75) is 25.9 Å². The highest BCUT2D eigenvalue weighted by Gasteiger charge is 2.21. The van der Waals surface area contributed by atoms with Gasteiger partial charge in [-0.05, 0) is 19.1 Å². The Morgan fingerprint density at radius 2 is 2.35 bits per heavy atom. The van der Waals surface area contributed by atoms with Crippen LogP contribution in [0.1, 0.15) is 19.2 Å². The Balaban J connectivity index is 1.59. The van der Waals surface area contributed by atoms with Crippen molar-refractivity contribution in [1.82, 2.24) is 14.9 Å². The molecule has 1 fully saturated rings. The van der Waals surface area contributed by atoms with Gasteiger partial charge in [0.15, 0.2) is 0 Å². The number of benzene rings is 1. The van der Waals surface area contributed by atoms with Crippen molar-refractivity contribution in [3.63, 3.8) is 0 Å². The number of ether oxygens (including phenoxy) is 1. The maximum absolute atomic E-state index is 12.2. The average molecular weight is 273 g/mol. The third-order valence-electron chi connectivity index (χ3n) is 3.61. The van der Waals surface area contributed by atoms with Crippen LogP contribution in [0, 0.1) is 0 Å². The monoisotopic (exact) mass is 273 g/mol. The van der Waals surface area contributed by atoms with Gasteiger partial charge in [0.2, 0.25) is 5.91 Å². The summed E-state index contributed by atoms with van der Waals surface area (Å²) in [5, 5.41) is 0. The van der Waals surface area contributed by atoms with E-state index in [0.29, 0.717) is 32.5 Å². The maximum atomic E-state index is 12.2. The van der Waals surface area contributed by atoms with Crippen LogP contribution in [0.15, 0.2) is 24.3 Å². The topological polar surface area (TPSA) is 58.2 Å². The predicted octanol–water partition coefficient (Wildman–Crippen LogP) is 1.74. The number of imidazole rings is 1. The summed E-state index contributed by atoms with van der Waals surface area (Å²) in [6.45, 7) is 4.03. The largest absolute Gasteiger partial charge is 0.375 e. The Morgan fingerprint density at radius 3 is 3.15 bits per heavy atom. The van der Waals surface area contributed by atoms with E-state index in [1.54, 1.807) is 0 Å². The lowest BCUT2D eigenvalue weighted by Gasteiger charge is -2.31. The van der Waals surface area contributed by atoms with Gasteiger partial charge in [0, 0.05) is 25.9 Å². The van der Waals surface area contributed by atoms with Crippen LogP contribution in [0.2, 0.25) is 0 Å². The molecule has 5 heteroatoms. The van der Waals surface area contributed by atoms with Crippen LogP contribution in [0.25, 0.3) is 11.0 Å². The van der Waals surface area contributed by atoms with Gasteiger partial charge in [0.1, 0.15) is 5.82 Å². The first kappa shape index (κ1) is 13.1. The molecular formula is C15H19N3O2. The molecule has 1 aliphatic heterocycles. The van der Waals surface area contributed by atoms with Crippen LogP contribution in [0.4, 0.5) is 0 Å². The van der Waals surface area contributed by atoms with Crippen molar-refractivity contribution >= 4 is 16.9 Å². The summed E-state index contributed by atoms with van der Waals surface area (Å²) >= 11 is 0. The summed E-state index contributed by atoms with van der Waals surface area (Å²) in [5.41, 5.74) is 1.98. The van der Waals surface area contributed by atoms with Crippen molar-refractivity contribution in [2.75, 3.05) is 19.7 Å². The van der Waals surface area contributed by atoms with Gasteiger partial charge in [-0.1, -0.05) is 12.1 Å². The molecule has 5 nitrogen and oxygen atoms in total. The fourth-order valence-corrected chi connectivity index (χ4v) is 2.55. The van der Waals surface area contributed by atoms with Gasteiger partial charge in [-0.3, -0.25) is 4.79 Å². The van der Waals surface area contributed by atoms with E-state index in [1.807, 2.05) is 36.1 Å². The van der Waals surface area contributed by atoms with Gasteiger partial charge in [0.05, 0.1) is 23.7 Å². The Morgan fingerprint density at radius 1 is 1.50 bits per heavy atom. The fourth-order valence-electron chi connectivity index (χ4n) is 2.55. The van der Waals surface area contributed by atoms with Gasteiger partial charge < -0.3 is 14.6 Å². The minimum Gasteiger partial charge on any atom is -0.375 e. The fraction of sp³-hybridized carbons (Fsp3) is 0.467. The number of hydrogen-bond donors (Lipinski definition) is 1. The summed E-state index contributed by atoms with van der Waals surface area (Å²) in [5.74, 6) is 1.06. The minimum atomic E-state index is 0.138. The highest BCUT2D eigenvalue weighted by Crippen LogP contribution is 2.12. The van der Waals surface area contributed by atoms with E-state index in [2.05, 4.69) is 9.97 Å². The number of morpholine rings is 1. The third-order valence-corrected chi connectivity index (χ3v) is 3.61. The second kappa shape index (κ2) is 5.63. The number of rotatable bonds is 3. The zero-order valence-electron chi connectivity index (χ0n) is 11.6. The quantitative estimate of drug-likeness (QED) is 0.926. The zero-order chi connectivity index (χ0) is 13.9. The van der Waals surface area contributed by atoms with Crippen LogP contribution in [-0.4, -0.2) is 46.6 Å². The van der Waals surface area contributed by atoms with Crippen molar-refractivity contribution in [3.05, 3.63) is 30.1 Å². The van der Waals surface area contributed by atoms with Gasteiger partial charge in [0.25, 0.3) is 0 Å². The molecule has 1 aliphatic rings. The number of nitrogens with zero attached hydrogens (tertiary/aromatic N) is 2. The number of carbonyl (C=O) groups excluding carboxylic acids is 1. The van der Waals surface area contributed by atoms with Crippen LogP contribution in [-0.2, 0) is 16.0 Å². The number of para-hydroxylation sites is 2. The number of fused-ring (bicyclic) bond motifs is 1. The molecule has 106 valence electrons. The van der Waals surface area contributed by atoms with Crippen molar-refractivity contribution in [3.8, 4) is 0 Å². The SMILES string of the molecule is CC1CN(C(=O)CCc2nc3ccccc3[nH]2)CCO1. The molecule has 1 unspecified atom stereocenters. The van der Waals surface area contributed by atoms with Crippen LogP contribution >= 0.6 is 0 Å². The van der Waals surface area contributed by atoms with Gasteiger partial charge in [-0.2, -0.15) is 0 Å². The smallest absolute Gasteiger partial charge is 0.223 e. The lowest BCUT2D eigenvalue weighted by Crippen LogP contribution is -2.44. The van der Waals surface area contributed by atoms with Crippen molar-refractivity contribution < 1.29 is 9.53 Å². The Hall–Kier alpha value is -1.88. The molecule has 2 heterocycles. The minimum absolute atomic E-state index is 0.138. The predicted molar refractivity (Wildman–Crippen MR) is 76.4 cm³/mol. The van der Waals surface area contributed by atoms with Gasteiger partial charge in [-0.15, -0.1) is 0 Å². The first-order chi connectivity index (χ1) is 9.72. The first-order valence-electron chi connectivity index (χ1n) is 7.05. The van der Waals surface area contributed by atoms with Crippen LogP contribution in [0.5, 0.6) is 0 Å². The molecule has 0 aliphatic carbocycles. The first-order valence-corrected chi connectivity index (χ1v) is 7.05. The van der Waals surface area contributed by atoms with Crippen LogP contribution < -0.4 is 0 Å². The number of hydrogen-bond acceptors (Lipinski definition) is 3. The van der Waals surface area contributed by atoms with E-state index >= 15 is 0 Å². The Labute approximate surface area is 117 Å². The molecule has 1 aromatic carbocycles. The molecule has 0 radical (unpaired) electrons. The van der Waals surface area contributed by atoms with E-state index in [4.69, 9.17) is 4.74 Å². The molecule has 1 aromatic heterocycles. The summed E-state index contributed by atoms with van der Waals surface area (Å²) in [6, 6.07) is 7.91. The number of aryl methyl sites for hydroxylation is 1. The number of aromatic nitrogens is 2. The molecule has 1 saturated heterocycles. The second-order valence-corrected chi connectivity index (χ2v) is 5.22. The Bertz CT molecular complexity index is 575. The van der Waals surface area contributed by atoms with Crippen LogP contribution in [0.3, 0.4) is 0 Å². The van der Waals surface area contributed by atoms with Gasteiger partial charge >= 0.3 is 0 Å². The lowest BCUT2D eigenvalue weighted by molar-refractivity contribution is -0.138. The molecule has 20 heavy (non-hydrogen) atoms. The van der Waals surface area contributed by atoms with E-state index in [-0.39, 0.29) is 12.0 Å². The maximum Gasteiger partial charge on any atom is 0.223 e. The molecule has 1 amide bonds. The highest BCUT2D eigenvalue weighted by molar-refractivity contribution is 5.77. The summed E-state index contributed by atoms with van der Waals surface area (Å²) in [6.07, 6.45) is 1.28. The molecule has 1 N–H and O–H groups in total. The average Bonchev–Trinajstić information content (AvgIpc) is 2.87. The van der Waals surface area contributed by atoms with E-state index in [0.717, 1.165) is 16.9 Å². The lowest BCUT2D eigenvalue weighted by atomic mass is 10.2. The Kier molecular flexibility index (Phi) is 3.69. The highest BCUT2D eigenvalue weighted by atomic mass is 16.5. The summed E-state index contributed by atoms with van der Waals surface area (Å²) in [7, 11) is 0. The molecule has 0 spiro atoms. The number of aromatic amines is 1. The van der Waals surface area contributed by atoms with Crippen molar-refractivity contribution in [2.24, 2.45) is 0 Å². The molecule has 2 aromatic rings.